The Morgan fingerprint density at radius 1 is 1.30 bits per heavy atom. The molecule has 0 radical (unpaired) electrons. The molecule has 1 fully saturated rings. The van der Waals surface area contributed by atoms with Crippen molar-refractivity contribution in [3.63, 3.8) is 0 Å². The molecule has 0 saturated carbocycles. The number of aromatic nitrogens is 2. The second-order valence-electron chi connectivity index (χ2n) is 6.54. The van der Waals surface area contributed by atoms with Gasteiger partial charge in [0.2, 0.25) is 17.6 Å². The number of rotatable bonds is 5. The van der Waals surface area contributed by atoms with Gasteiger partial charge in [-0.2, -0.15) is 4.98 Å². The van der Waals surface area contributed by atoms with E-state index in [2.05, 4.69) is 36.3 Å². The Balaban J connectivity index is 1.28. The third kappa shape index (κ3) is 4.63. The number of amides is 1. The molecular formula is C19H19BrN4O2S. The van der Waals surface area contributed by atoms with Crippen molar-refractivity contribution >= 4 is 38.9 Å². The van der Waals surface area contributed by atoms with Crippen LogP contribution in [-0.4, -0.2) is 34.0 Å². The summed E-state index contributed by atoms with van der Waals surface area (Å²) in [6.07, 6.45) is 1.65. The van der Waals surface area contributed by atoms with Crippen LogP contribution in [0.4, 0.5) is 5.69 Å². The first-order valence-electron chi connectivity index (χ1n) is 8.82. The van der Waals surface area contributed by atoms with Crippen molar-refractivity contribution in [2.24, 2.45) is 5.92 Å². The predicted octanol–water partition coefficient (Wildman–Crippen LogP) is 4.41. The molecule has 1 aromatic carbocycles. The van der Waals surface area contributed by atoms with Crippen LogP contribution in [0, 0.1) is 5.92 Å². The van der Waals surface area contributed by atoms with E-state index in [1.54, 1.807) is 11.3 Å². The summed E-state index contributed by atoms with van der Waals surface area (Å²) in [5.74, 6) is 1.38. The smallest absolute Gasteiger partial charge is 0.241 e. The van der Waals surface area contributed by atoms with Crippen molar-refractivity contribution in [2.75, 3.05) is 18.4 Å². The van der Waals surface area contributed by atoms with Gasteiger partial charge in [-0.1, -0.05) is 33.2 Å². The van der Waals surface area contributed by atoms with Gasteiger partial charge in [-0.3, -0.25) is 9.69 Å². The summed E-state index contributed by atoms with van der Waals surface area (Å²) < 4.78 is 6.33. The summed E-state index contributed by atoms with van der Waals surface area (Å²) in [7, 11) is 0. The van der Waals surface area contributed by atoms with Gasteiger partial charge < -0.3 is 9.84 Å². The van der Waals surface area contributed by atoms with Crippen molar-refractivity contribution in [3.8, 4) is 10.7 Å². The highest BCUT2D eigenvalue weighted by Crippen LogP contribution is 2.24. The van der Waals surface area contributed by atoms with Gasteiger partial charge in [0, 0.05) is 16.1 Å². The van der Waals surface area contributed by atoms with Gasteiger partial charge >= 0.3 is 0 Å². The Hall–Kier alpha value is -2.03. The lowest BCUT2D eigenvalue weighted by molar-refractivity contribution is -0.121. The molecule has 6 nitrogen and oxygen atoms in total. The Bertz CT molecular complexity index is 904. The van der Waals surface area contributed by atoms with Gasteiger partial charge in [0.15, 0.2) is 0 Å². The lowest BCUT2D eigenvalue weighted by Gasteiger charge is -2.30. The van der Waals surface area contributed by atoms with E-state index in [1.807, 2.05) is 41.8 Å². The second-order valence-corrected chi connectivity index (χ2v) is 8.40. The Labute approximate surface area is 169 Å². The van der Waals surface area contributed by atoms with Crippen molar-refractivity contribution in [1.82, 2.24) is 15.0 Å². The highest BCUT2D eigenvalue weighted by atomic mass is 79.9. The third-order valence-electron chi connectivity index (χ3n) is 4.62. The van der Waals surface area contributed by atoms with Gasteiger partial charge in [0.25, 0.3) is 0 Å². The molecule has 3 aromatic rings. The molecule has 1 aliphatic rings. The molecule has 1 saturated heterocycles. The number of likely N-dealkylation sites (tertiary alicyclic amines) is 1. The molecule has 8 heteroatoms. The molecule has 0 spiro atoms. The van der Waals surface area contributed by atoms with Crippen LogP contribution in [0.1, 0.15) is 18.7 Å². The molecule has 0 aliphatic carbocycles. The number of anilines is 1. The van der Waals surface area contributed by atoms with E-state index in [9.17, 15) is 4.79 Å². The van der Waals surface area contributed by atoms with Crippen LogP contribution in [0.25, 0.3) is 10.7 Å². The molecule has 4 rings (SSSR count). The molecule has 2 aromatic heterocycles. The lowest BCUT2D eigenvalue weighted by atomic mass is 9.96. The third-order valence-corrected chi connectivity index (χ3v) is 5.98. The minimum absolute atomic E-state index is 0.0320. The molecule has 3 heterocycles. The van der Waals surface area contributed by atoms with Gasteiger partial charge in [-0.05, 0) is 55.6 Å². The molecule has 1 N–H and O–H groups in total. The van der Waals surface area contributed by atoms with E-state index in [1.165, 1.54) is 0 Å². The van der Waals surface area contributed by atoms with E-state index in [0.29, 0.717) is 18.3 Å². The number of carbonyl (C=O) groups excluding carboxylic acids is 1. The maximum absolute atomic E-state index is 12.5. The summed E-state index contributed by atoms with van der Waals surface area (Å²) in [6.45, 7) is 2.30. The number of hydrogen-bond acceptors (Lipinski definition) is 6. The van der Waals surface area contributed by atoms with E-state index >= 15 is 0 Å². The van der Waals surface area contributed by atoms with E-state index in [4.69, 9.17) is 4.52 Å². The highest BCUT2D eigenvalue weighted by Gasteiger charge is 2.26. The topological polar surface area (TPSA) is 71.3 Å². The lowest BCUT2D eigenvalue weighted by Crippen LogP contribution is -2.37. The quantitative estimate of drug-likeness (QED) is 0.628. The summed E-state index contributed by atoms with van der Waals surface area (Å²) in [6, 6.07) is 11.6. The molecule has 0 unspecified atom stereocenters. The fourth-order valence-electron chi connectivity index (χ4n) is 3.18. The average Bonchev–Trinajstić information content (AvgIpc) is 3.34. The zero-order valence-corrected chi connectivity index (χ0v) is 17.0. The monoisotopic (exact) mass is 446 g/mol. The van der Waals surface area contributed by atoms with Gasteiger partial charge in [-0.15, -0.1) is 11.3 Å². The first kappa shape index (κ1) is 18.3. The Morgan fingerprint density at radius 2 is 2.15 bits per heavy atom. The molecule has 0 atom stereocenters. The van der Waals surface area contributed by atoms with Crippen LogP contribution in [0.3, 0.4) is 0 Å². The fourth-order valence-corrected chi connectivity index (χ4v) is 4.23. The highest BCUT2D eigenvalue weighted by molar-refractivity contribution is 9.10. The van der Waals surface area contributed by atoms with Gasteiger partial charge in [0.05, 0.1) is 11.4 Å². The number of thiophene rings is 1. The van der Waals surface area contributed by atoms with Crippen molar-refractivity contribution < 1.29 is 9.32 Å². The summed E-state index contributed by atoms with van der Waals surface area (Å²) in [4.78, 5) is 20.2. The van der Waals surface area contributed by atoms with Crippen LogP contribution >= 0.6 is 27.3 Å². The normalized spacial score (nSPS) is 15.7. The first-order valence-corrected chi connectivity index (χ1v) is 10.5. The largest absolute Gasteiger partial charge is 0.338 e. The molecule has 1 aliphatic heterocycles. The average molecular weight is 447 g/mol. The Kier molecular flexibility index (Phi) is 5.66. The van der Waals surface area contributed by atoms with Crippen molar-refractivity contribution in [3.05, 3.63) is 52.1 Å². The van der Waals surface area contributed by atoms with Crippen LogP contribution in [-0.2, 0) is 11.3 Å². The Morgan fingerprint density at radius 3 is 2.89 bits per heavy atom. The van der Waals surface area contributed by atoms with Crippen molar-refractivity contribution in [2.45, 2.75) is 19.4 Å². The molecular weight excluding hydrogens is 428 g/mol. The van der Waals surface area contributed by atoms with Crippen LogP contribution in [0.15, 0.2) is 50.8 Å². The SMILES string of the molecule is O=C(Nc1cccc(Br)c1)C1CCN(Cc2nc(-c3cccs3)no2)CC1. The van der Waals surface area contributed by atoms with E-state index in [0.717, 1.165) is 41.0 Å². The number of benzene rings is 1. The second kappa shape index (κ2) is 8.33. The number of nitrogens with one attached hydrogen (secondary N) is 1. The maximum atomic E-state index is 12.5. The fraction of sp³-hybridized carbons (Fsp3) is 0.316. The van der Waals surface area contributed by atoms with Crippen molar-refractivity contribution in [1.29, 1.82) is 0 Å². The standard InChI is InChI=1S/C19H19BrN4O2S/c20-14-3-1-4-15(11-14)21-19(25)13-6-8-24(9-7-13)12-17-22-18(23-26-17)16-5-2-10-27-16/h1-5,10-11,13H,6-9,12H2,(H,21,25). The van der Waals surface area contributed by atoms with Gasteiger partial charge in [0.1, 0.15) is 0 Å². The summed E-state index contributed by atoms with van der Waals surface area (Å²) in [5.41, 5.74) is 0.823. The summed E-state index contributed by atoms with van der Waals surface area (Å²) in [5, 5.41) is 9.06. The minimum Gasteiger partial charge on any atom is -0.338 e. The zero-order valence-electron chi connectivity index (χ0n) is 14.6. The number of nitrogens with zero attached hydrogens (tertiary/aromatic N) is 3. The van der Waals surface area contributed by atoms with Crippen LogP contribution in [0.2, 0.25) is 0 Å². The minimum atomic E-state index is 0.0320. The number of piperidine rings is 1. The van der Waals surface area contributed by atoms with E-state index < -0.39 is 0 Å². The number of hydrogen-bond donors (Lipinski definition) is 1. The predicted molar refractivity (Wildman–Crippen MR) is 108 cm³/mol. The number of carbonyl (C=O) groups is 1. The molecule has 140 valence electrons. The zero-order chi connectivity index (χ0) is 18.6. The van der Waals surface area contributed by atoms with Gasteiger partial charge in [-0.25, -0.2) is 0 Å². The maximum Gasteiger partial charge on any atom is 0.241 e. The number of halogens is 1. The first-order chi connectivity index (χ1) is 13.2. The van der Waals surface area contributed by atoms with Crippen LogP contribution in [0.5, 0.6) is 0 Å². The molecule has 27 heavy (non-hydrogen) atoms. The molecule has 1 amide bonds. The van der Waals surface area contributed by atoms with E-state index in [-0.39, 0.29) is 11.8 Å². The summed E-state index contributed by atoms with van der Waals surface area (Å²) >= 11 is 5.02. The van der Waals surface area contributed by atoms with Crippen LogP contribution < -0.4 is 5.32 Å². The molecule has 0 bridgehead atoms.